The fraction of sp³-hybridized carbons (Fsp3) is 0.250. The van der Waals surface area contributed by atoms with Crippen LogP contribution in [0.2, 0.25) is 0 Å². The molecule has 0 aliphatic carbocycles. The lowest BCUT2D eigenvalue weighted by molar-refractivity contribution is 1.37. The third-order valence-corrected chi connectivity index (χ3v) is 3.66. The number of aryl methyl sites for hydroxylation is 4. The number of nitrogens with two attached hydrogens (primary N) is 1. The Kier molecular flexibility index (Phi) is 6.08. The molecule has 0 radical (unpaired) electrons. The van der Waals surface area contributed by atoms with E-state index in [0.29, 0.717) is 0 Å². The van der Waals surface area contributed by atoms with Gasteiger partial charge in [-0.2, -0.15) is 0 Å². The Labute approximate surface area is 132 Å². The highest BCUT2D eigenvalue weighted by Gasteiger charge is 1.97. The third-order valence-electron chi connectivity index (χ3n) is 2.74. The summed E-state index contributed by atoms with van der Waals surface area (Å²) in [7, 11) is 0. The highest BCUT2D eigenvalue weighted by atomic mass is 79.9. The monoisotopic (exact) mass is 383 g/mol. The minimum Gasteiger partial charge on any atom is -0.398 e. The first-order valence-corrected chi connectivity index (χ1v) is 7.64. The minimum atomic E-state index is 0.892. The predicted octanol–water partition coefficient (Wildman–Crippen LogP) is 5.71. The quantitative estimate of drug-likeness (QED) is 0.578. The Bertz CT molecular complexity index is 503. The summed E-state index contributed by atoms with van der Waals surface area (Å²) in [6.07, 6.45) is 0. The van der Waals surface area contributed by atoms with Crippen molar-refractivity contribution >= 4 is 37.5 Å². The van der Waals surface area contributed by atoms with Crippen LogP contribution in [0, 0.1) is 27.7 Å². The lowest BCUT2D eigenvalue weighted by Crippen LogP contribution is -1.92. The van der Waals surface area contributed by atoms with E-state index in [9.17, 15) is 0 Å². The first-order chi connectivity index (χ1) is 8.79. The van der Waals surface area contributed by atoms with E-state index >= 15 is 0 Å². The number of hydrogen-bond acceptors (Lipinski definition) is 1. The molecule has 0 amide bonds. The topological polar surface area (TPSA) is 26.0 Å². The van der Waals surface area contributed by atoms with Gasteiger partial charge in [0.1, 0.15) is 0 Å². The third kappa shape index (κ3) is 5.37. The van der Waals surface area contributed by atoms with Gasteiger partial charge in [-0.1, -0.05) is 37.9 Å². The van der Waals surface area contributed by atoms with Crippen molar-refractivity contribution in [3.63, 3.8) is 0 Å². The van der Waals surface area contributed by atoms with E-state index in [2.05, 4.69) is 63.9 Å². The minimum absolute atomic E-state index is 0.892. The summed E-state index contributed by atoms with van der Waals surface area (Å²) in [5.41, 5.74) is 11.5. The first kappa shape index (κ1) is 16.3. The van der Waals surface area contributed by atoms with E-state index in [1.54, 1.807) is 0 Å². The summed E-state index contributed by atoms with van der Waals surface area (Å²) >= 11 is 6.80. The Morgan fingerprint density at radius 2 is 1.05 bits per heavy atom. The molecule has 0 spiro atoms. The van der Waals surface area contributed by atoms with Gasteiger partial charge in [0.15, 0.2) is 0 Å². The van der Waals surface area contributed by atoms with Gasteiger partial charge in [0.05, 0.1) is 0 Å². The van der Waals surface area contributed by atoms with Crippen molar-refractivity contribution in [2.75, 3.05) is 5.73 Å². The summed E-state index contributed by atoms with van der Waals surface area (Å²) in [6, 6.07) is 10.4. The Morgan fingerprint density at radius 1 is 0.684 bits per heavy atom. The number of nitrogen functional groups attached to an aromatic ring is 1. The van der Waals surface area contributed by atoms with Crippen LogP contribution in [-0.2, 0) is 0 Å². The Balaban J connectivity index is 0.000000191. The predicted molar refractivity (Wildman–Crippen MR) is 91.6 cm³/mol. The van der Waals surface area contributed by atoms with Crippen LogP contribution >= 0.6 is 31.9 Å². The second-order valence-electron chi connectivity index (χ2n) is 4.76. The molecule has 0 aliphatic rings. The molecule has 1 nitrogen and oxygen atoms in total. The largest absolute Gasteiger partial charge is 0.398 e. The molecular weight excluding hydrogens is 366 g/mol. The highest BCUT2D eigenvalue weighted by molar-refractivity contribution is 9.10. The maximum atomic E-state index is 5.73. The summed E-state index contributed by atoms with van der Waals surface area (Å²) in [4.78, 5) is 0. The zero-order valence-electron chi connectivity index (χ0n) is 11.7. The van der Waals surface area contributed by atoms with Gasteiger partial charge in [0, 0.05) is 14.6 Å². The SMILES string of the molecule is Cc1cc(Br)cc(C)c1N.Cc1cc(C)cc(Br)c1. The summed E-state index contributed by atoms with van der Waals surface area (Å²) in [6.45, 7) is 8.20. The van der Waals surface area contributed by atoms with E-state index in [0.717, 1.165) is 21.3 Å². The molecule has 0 saturated carbocycles. The molecule has 2 N–H and O–H groups in total. The molecule has 0 unspecified atom stereocenters. The number of anilines is 1. The number of benzene rings is 2. The van der Waals surface area contributed by atoms with Crippen LogP contribution in [0.25, 0.3) is 0 Å². The van der Waals surface area contributed by atoms with Gasteiger partial charge in [-0.05, 0) is 74.2 Å². The lowest BCUT2D eigenvalue weighted by atomic mass is 10.1. The Hall–Kier alpha value is -0.800. The molecule has 0 bridgehead atoms. The number of rotatable bonds is 0. The standard InChI is InChI=1S/C8H10BrN.C8H9Br/c1-5-3-7(9)4-6(2)8(5)10;1-6-3-7(2)5-8(9)4-6/h3-4H,10H2,1-2H3;3-5H,1-2H3. The van der Waals surface area contributed by atoms with E-state index < -0.39 is 0 Å². The van der Waals surface area contributed by atoms with Gasteiger partial charge >= 0.3 is 0 Å². The van der Waals surface area contributed by atoms with Crippen LogP contribution in [0.5, 0.6) is 0 Å². The maximum absolute atomic E-state index is 5.73. The van der Waals surface area contributed by atoms with Crippen molar-refractivity contribution in [3.8, 4) is 0 Å². The van der Waals surface area contributed by atoms with Gasteiger partial charge in [0.25, 0.3) is 0 Å². The van der Waals surface area contributed by atoms with Crippen molar-refractivity contribution in [1.29, 1.82) is 0 Å². The van der Waals surface area contributed by atoms with Crippen molar-refractivity contribution in [2.45, 2.75) is 27.7 Å². The molecule has 102 valence electrons. The molecule has 0 heterocycles. The molecule has 19 heavy (non-hydrogen) atoms. The second kappa shape index (κ2) is 7.11. The van der Waals surface area contributed by atoms with Crippen LogP contribution in [-0.4, -0.2) is 0 Å². The van der Waals surface area contributed by atoms with Gasteiger partial charge in [0.2, 0.25) is 0 Å². The average molecular weight is 385 g/mol. The zero-order chi connectivity index (χ0) is 14.6. The normalized spacial score (nSPS) is 9.79. The van der Waals surface area contributed by atoms with Crippen LogP contribution in [0.4, 0.5) is 5.69 Å². The van der Waals surface area contributed by atoms with Gasteiger partial charge < -0.3 is 5.73 Å². The fourth-order valence-corrected chi connectivity index (χ4v) is 3.25. The molecule has 0 saturated heterocycles. The molecule has 0 aromatic heterocycles. The van der Waals surface area contributed by atoms with Crippen molar-refractivity contribution in [3.05, 3.63) is 61.5 Å². The summed E-state index contributed by atoms with van der Waals surface area (Å²) < 4.78 is 2.26. The molecular formula is C16H19Br2N. The molecule has 3 heteroatoms. The summed E-state index contributed by atoms with van der Waals surface area (Å²) in [5, 5.41) is 0. The zero-order valence-corrected chi connectivity index (χ0v) is 14.9. The van der Waals surface area contributed by atoms with Crippen LogP contribution < -0.4 is 5.73 Å². The highest BCUT2D eigenvalue weighted by Crippen LogP contribution is 2.21. The van der Waals surface area contributed by atoms with Gasteiger partial charge in [-0.15, -0.1) is 0 Å². The molecule has 0 aliphatic heterocycles. The van der Waals surface area contributed by atoms with Crippen molar-refractivity contribution < 1.29 is 0 Å². The first-order valence-electron chi connectivity index (χ1n) is 6.05. The van der Waals surface area contributed by atoms with Crippen LogP contribution in [0.3, 0.4) is 0 Å². The number of hydrogen-bond donors (Lipinski definition) is 1. The smallest absolute Gasteiger partial charge is 0.0374 e. The van der Waals surface area contributed by atoms with E-state index in [1.165, 1.54) is 15.6 Å². The number of halogens is 2. The van der Waals surface area contributed by atoms with E-state index in [-0.39, 0.29) is 0 Å². The van der Waals surface area contributed by atoms with Crippen LogP contribution in [0.1, 0.15) is 22.3 Å². The molecule has 0 fully saturated rings. The molecule has 2 aromatic rings. The second-order valence-corrected chi connectivity index (χ2v) is 6.59. The molecule has 2 rings (SSSR count). The van der Waals surface area contributed by atoms with Gasteiger partial charge in [-0.25, -0.2) is 0 Å². The fourth-order valence-electron chi connectivity index (χ4n) is 1.84. The Morgan fingerprint density at radius 3 is 1.42 bits per heavy atom. The maximum Gasteiger partial charge on any atom is 0.0374 e. The summed E-state index contributed by atoms with van der Waals surface area (Å²) in [5.74, 6) is 0. The van der Waals surface area contributed by atoms with Gasteiger partial charge in [-0.3, -0.25) is 0 Å². The van der Waals surface area contributed by atoms with Crippen molar-refractivity contribution in [1.82, 2.24) is 0 Å². The molecule has 0 atom stereocenters. The average Bonchev–Trinajstić information content (AvgIpc) is 2.24. The van der Waals surface area contributed by atoms with Crippen LogP contribution in [0.15, 0.2) is 39.3 Å². The lowest BCUT2D eigenvalue weighted by Gasteiger charge is -2.03. The molecule has 2 aromatic carbocycles. The van der Waals surface area contributed by atoms with Crippen molar-refractivity contribution in [2.24, 2.45) is 0 Å². The van der Waals surface area contributed by atoms with E-state index in [1.807, 2.05) is 26.0 Å². The van der Waals surface area contributed by atoms with E-state index in [4.69, 9.17) is 5.73 Å².